The molecule has 0 spiro atoms. The summed E-state index contributed by atoms with van der Waals surface area (Å²) < 4.78 is 0. The summed E-state index contributed by atoms with van der Waals surface area (Å²) >= 11 is 1.59. The Balaban J connectivity index is 1.79. The van der Waals surface area contributed by atoms with Gasteiger partial charge >= 0.3 is 0 Å². The standard InChI is InChI=1S/C24H34N2OS/c1-17-8-9-21(28-17)22(27)26-12-10-25(11-13-26)20-15-18(23(2,3)4)14-19(16-20)24(5,6)7/h8-9,14-16H,10-13H2,1-7H3. The number of amides is 1. The molecule has 1 aromatic heterocycles. The number of carbonyl (C=O) groups is 1. The van der Waals surface area contributed by atoms with Crippen LogP contribution in [0.2, 0.25) is 0 Å². The minimum Gasteiger partial charge on any atom is -0.368 e. The number of hydrogen-bond donors (Lipinski definition) is 0. The number of thiophene rings is 1. The van der Waals surface area contributed by atoms with Gasteiger partial charge in [-0.15, -0.1) is 11.3 Å². The van der Waals surface area contributed by atoms with Crippen LogP contribution in [-0.4, -0.2) is 37.0 Å². The molecule has 1 fully saturated rings. The van der Waals surface area contributed by atoms with E-state index in [0.717, 1.165) is 31.1 Å². The van der Waals surface area contributed by atoms with Gasteiger partial charge < -0.3 is 9.80 Å². The largest absolute Gasteiger partial charge is 0.368 e. The second kappa shape index (κ2) is 7.55. The van der Waals surface area contributed by atoms with Crippen LogP contribution in [0.15, 0.2) is 30.3 Å². The number of piperazine rings is 1. The summed E-state index contributed by atoms with van der Waals surface area (Å²) in [5.41, 5.74) is 4.27. The van der Waals surface area contributed by atoms with Gasteiger partial charge in [-0.3, -0.25) is 4.79 Å². The quantitative estimate of drug-likeness (QED) is 0.656. The normalized spacial score (nSPS) is 15.8. The van der Waals surface area contributed by atoms with E-state index in [-0.39, 0.29) is 16.7 Å². The van der Waals surface area contributed by atoms with E-state index in [4.69, 9.17) is 0 Å². The van der Waals surface area contributed by atoms with Crippen molar-refractivity contribution in [1.29, 1.82) is 0 Å². The fraction of sp³-hybridized carbons (Fsp3) is 0.542. The van der Waals surface area contributed by atoms with Gasteiger partial charge in [0, 0.05) is 36.7 Å². The van der Waals surface area contributed by atoms with Gasteiger partial charge in [-0.25, -0.2) is 0 Å². The van der Waals surface area contributed by atoms with E-state index < -0.39 is 0 Å². The van der Waals surface area contributed by atoms with Crippen molar-refractivity contribution in [2.24, 2.45) is 0 Å². The van der Waals surface area contributed by atoms with Crippen LogP contribution in [0, 0.1) is 6.92 Å². The molecule has 1 amide bonds. The minimum atomic E-state index is 0.116. The molecule has 0 saturated carbocycles. The lowest BCUT2D eigenvalue weighted by molar-refractivity contribution is 0.0751. The van der Waals surface area contributed by atoms with Gasteiger partial charge in [0.1, 0.15) is 0 Å². The van der Waals surface area contributed by atoms with E-state index in [9.17, 15) is 4.79 Å². The van der Waals surface area contributed by atoms with E-state index in [1.807, 2.05) is 17.0 Å². The van der Waals surface area contributed by atoms with Crippen molar-refractivity contribution in [3.05, 3.63) is 51.2 Å². The number of benzene rings is 1. The number of rotatable bonds is 2. The maximum atomic E-state index is 12.7. The maximum absolute atomic E-state index is 12.7. The summed E-state index contributed by atoms with van der Waals surface area (Å²) in [6.45, 7) is 19.0. The van der Waals surface area contributed by atoms with Crippen molar-refractivity contribution in [1.82, 2.24) is 4.90 Å². The topological polar surface area (TPSA) is 23.6 Å². The lowest BCUT2D eigenvalue weighted by Gasteiger charge is -2.37. The molecule has 1 saturated heterocycles. The average molecular weight is 399 g/mol. The third-order valence-corrected chi connectivity index (χ3v) is 6.52. The van der Waals surface area contributed by atoms with E-state index in [2.05, 4.69) is 71.6 Å². The number of hydrogen-bond acceptors (Lipinski definition) is 3. The number of carbonyl (C=O) groups excluding carboxylic acids is 1. The van der Waals surface area contributed by atoms with Gasteiger partial charge in [0.2, 0.25) is 0 Å². The summed E-state index contributed by atoms with van der Waals surface area (Å²) in [5.74, 6) is 0.177. The summed E-state index contributed by atoms with van der Waals surface area (Å²) in [6, 6.07) is 11.0. The van der Waals surface area contributed by atoms with Crippen molar-refractivity contribution >= 4 is 22.9 Å². The number of nitrogens with zero attached hydrogens (tertiary/aromatic N) is 2. The van der Waals surface area contributed by atoms with Crippen LogP contribution in [-0.2, 0) is 10.8 Å². The Morgan fingerprint density at radius 3 is 1.82 bits per heavy atom. The van der Waals surface area contributed by atoms with E-state index >= 15 is 0 Å². The van der Waals surface area contributed by atoms with E-state index in [1.165, 1.54) is 21.7 Å². The lowest BCUT2D eigenvalue weighted by atomic mass is 9.80. The molecule has 0 bridgehead atoms. The molecule has 1 aliphatic rings. The first-order valence-electron chi connectivity index (χ1n) is 10.2. The molecule has 2 heterocycles. The van der Waals surface area contributed by atoms with Crippen LogP contribution >= 0.6 is 11.3 Å². The Labute approximate surface area is 174 Å². The van der Waals surface area contributed by atoms with Crippen LogP contribution in [0.5, 0.6) is 0 Å². The Morgan fingerprint density at radius 2 is 1.39 bits per heavy atom. The van der Waals surface area contributed by atoms with Gasteiger partial charge in [0.05, 0.1) is 4.88 Å². The van der Waals surface area contributed by atoms with Crippen LogP contribution in [0.1, 0.15) is 67.2 Å². The predicted octanol–water partition coefficient (Wildman–Crippen LogP) is 5.61. The molecule has 152 valence electrons. The first kappa shape index (κ1) is 20.9. The highest BCUT2D eigenvalue weighted by molar-refractivity contribution is 7.13. The van der Waals surface area contributed by atoms with Gasteiger partial charge in [0.15, 0.2) is 0 Å². The van der Waals surface area contributed by atoms with Crippen molar-refractivity contribution < 1.29 is 4.79 Å². The van der Waals surface area contributed by atoms with Gasteiger partial charge in [-0.2, -0.15) is 0 Å². The molecule has 0 unspecified atom stereocenters. The fourth-order valence-electron chi connectivity index (χ4n) is 3.53. The molecular formula is C24H34N2OS. The molecule has 1 aliphatic heterocycles. The summed E-state index contributed by atoms with van der Waals surface area (Å²) in [7, 11) is 0. The predicted molar refractivity (Wildman–Crippen MR) is 121 cm³/mol. The molecule has 0 radical (unpaired) electrons. The Morgan fingerprint density at radius 1 is 0.857 bits per heavy atom. The van der Waals surface area contributed by atoms with Crippen LogP contribution in [0.3, 0.4) is 0 Å². The molecule has 0 aliphatic carbocycles. The molecule has 28 heavy (non-hydrogen) atoms. The first-order valence-corrected chi connectivity index (χ1v) is 11.0. The Hall–Kier alpha value is -1.81. The molecule has 0 atom stereocenters. The second-order valence-electron chi connectivity index (χ2n) is 9.96. The van der Waals surface area contributed by atoms with Crippen molar-refractivity contribution in [2.75, 3.05) is 31.1 Å². The number of aryl methyl sites for hydroxylation is 1. The van der Waals surface area contributed by atoms with Crippen LogP contribution in [0.25, 0.3) is 0 Å². The lowest BCUT2D eigenvalue weighted by Crippen LogP contribution is -2.48. The highest BCUT2D eigenvalue weighted by Crippen LogP contribution is 2.33. The molecule has 3 nitrogen and oxygen atoms in total. The van der Waals surface area contributed by atoms with Crippen LogP contribution < -0.4 is 4.90 Å². The maximum Gasteiger partial charge on any atom is 0.264 e. The zero-order valence-electron chi connectivity index (χ0n) is 18.4. The molecular weight excluding hydrogens is 364 g/mol. The zero-order valence-corrected chi connectivity index (χ0v) is 19.2. The monoisotopic (exact) mass is 398 g/mol. The Kier molecular flexibility index (Phi) is 5.64. The SMILES string of the molecule is Cc1ccc(C(=O)N2CCN(c3cc(C(C)(C)C)cc(C(C)(C)C)c3)CC2)s1. The average Bonchev–Trinajstić information content (AvgIpc) is 3.06. The van der Waals surface area contributed by atoms with Gasteiger partial charge in [-0.05, 0) is 53.1 Å². The molecule has 2 aromatic rings. The third-order valence-electron chi connectivity index (χ3n) is 5.53. The fourth-order valence-corrected chi connectivity index (χ4v) is 4.37. The van der Waals surface area contributed by atoms with Crippen molar-refractivity contribution in [3.8, 4) is 0 Å². The van der Waals surface area contributed by atoms with Crippen molar-refractivity contribution in [3.63, 3.8) is 0 Å². The van der Waals surface area contributed by atoms with Gasteiger partial charge in [-0.1, -0.05) is 47.6 Å². The molecule has 3 rings (SSSR count). The highest BCUT2D eigenvalue weighted by atomic mass is 32.1. The Bertz CT molecular complexity index is 814. The molecule has 0 N–H and O–H groups in total. The van der Waals surface area contributed by atoms with Gasteiger partial charge in [0.25, 0.3) is 5.91 Å². The minimum absolute atomic E-state index is 0.116. The molecule has 1 aromatic carbocycles. The second-order valence-corrected chi connectivity index (χ2v) is 11.2. The summed E-state index contributed by atoms with van der Waals surface area (Å²) in [6.07, 6.45) is 0. The summed E-state index contributed by atoms with van der Waals surface area (Å²) in [4.78, 5) is 19.2. The zero-order chi connectivity index (χ0) is 20.7. The molecule has 4 heteroatoms. The number of anilines is 1. The summed E-state index contributed by atoms with van der Waals surface area (Å²) in [5, 5.41) is 0. The smallest absolute Gasteiger partial charge is 0.264 e. The van der Waals surface area contributed by atoms with E-state index in [1.54, 1.807) is 11.3 Å². The van der Waals surface area contributed by atoms with E-state index in [0.29, 0.717) is 0 Å². The van der Waals surface area contributed by atoms with Crippen molar-refractivity contribution in [2.45, 2.75) is 59.3 Å². The first-order chi connectivity index (χ1) is 12.9. The highest BCUT2D eigenvalue weighted by Gasteiger charge is 2.26. The third kappa shape index (κ3) is 4.60. The van der Waals surface area contributed by atoms with Crippen LogP contribution in [0.4, 0.5) is 5.69 Å².